The smallest absolute Gasteiger partial charge is 0.185 e. The van der Waals surface area contributed by atoms with Crippen molar-refractivity contribution in [2.45, 2.75) is 13.0 Å². The number of nitrogens with zero attached hydrogens (tertiary/aromatic N) is 2. The van der Waals surface area contributed by atoms with E-state index in [9.17, 15) is 0 Å². The van der Waals surface area contributed by atoms with Crippen LogP contribution in [0.4, 0.5) is 5.13 Å². The number of thiazole rings is 1. The zero-order valence-electron chi connectivity index (χ0n) is 8.24. The Bertz CT molecular complexity index is 265. The fourth-order valence-electron chi connectivity index (χ4n) is 1.30. The summed E-state index contributed by atoms with van der Waals surface area (Å²) < 4.78 is 0. The number of hydrogen-bond acceptors (Lipinski definition) is 4. The van der Waals surface area contributed by atoms with Gasteiger partial charge in [-0.15, -0.1) is 36.2 Å². The van der Waals surface area contributed by atoms with E-state index >= 15 is 0 Å². The number of hydrogen-bond donors (Lipinski definition) is 1. The van der Waals surface area contributed by atoms with Crippen LogP contribution in [-0.4, -0.2) is 25.6 Å². The van der Waals surface area contributed by atoms with Crippen molar-refractivity contribution in [3.05, 3.63) is 10.6 Å². The van der Waals surface area contributed by atoms with Gasteiger partial charge in [0, 0.05) is 38.5 Å². The summed E-state index contributed by atoms with van der Waals surface area (Å²) in [5.74, 6) is 0. The SMILES string of the molecule is CN(C)c1nc2c(s1)CNCC2.Cl.Cl. The molecule has 3 nitrogen and oxygen atoms in total. The Balaban J connectivity index is 0.000000845. The highest BCUT2D eigenvalue weighted by atomic mass is 35.5. The maximum atomic E-state index is 4.55. The van der Waals surface area contributed by atoms with Crippen molar-refractivity contribution in [1.82, 2.24) is 10.3 Å². The van der Waals surface area contributed by atoms with Crippen molar-refractivity contribution in [2.75, 3.05) is 25.5 Å². The van der Waals surface area contributed by atoms with Crippen molar-refractivity contribution in [2.24, 2.45) is 0 Å². The topological polar surface area (TPSA) is 28.2 Å². The van der Waals surface area contributed by atoms with E-state index in [1.807, 2.05) is 14.1 Å². The van der Waals surface area contributed by atoms with E-state index in [4.69, 9.17) is 0 Å². The van der Waals surface area contributed by atoms with Gasteiger partial charge in [-0.1, -0.05) is 0 Å². The van der Waals surface area contributed by atoms with Crippen molar-refractivity contribution < 1.29 is 0 Å². The van der Waals surface area contributed by atoms with Crippen LogP contribution in [0.15, 0.2) is 0 Å². The molecule has 0 aromatic carbocycles. The van der Waals surface area contributed by atoms with E-state index in [1.54, 1.807) is 11.3 Å². The molecule has 1 N–H and O–H groups in total. The summed E-state index contributed by atoms with van der Waals surface area (Å²) in [4.78, 5) is 8.03. The molecule has 2 heterocycles. The molecule has 1 aromatic heterocycles. The van der Waals surface area contributed by atoms with Gasteiger partial charge in [0.2, 0.25) is 0 Å². The molecule has 0 atom stereocenters. The highest BCUT2D eigenvalue weighted by Gasteiger charge is 2.14. The van der Waals surface area contributed by atoms with Gasteiger partial charge in [-0.2, -0.15) is 0 Å². The lowest BCUT2D eigenvalue weighted by atomic mass is 10.2. The Morgan fingerprint density at radius 2 is 2.07 bits per heavy atom. The molecule has 0 saturated heterocycles. The van der Waals surface area contributed by atoms with E-state index in [-0.39, 0.29) is 24.8 Å². The molecule has 0 aliphatic carbocycles. The lowest BCUT2D eigenvalue weighted by Crippen LogP contribution is -2.22. The molecule has 0 bridgehead atoms. The van der Waals surface area contributed by atoms with Crippen LogP contribution in [0, 0.1) is 0 Å². The van der Waals surface area contributed by atoms with Gasteiger partial charge in [-0.05, 0) is 0 Å². The molecular formula is C8H15Cl2N3S. The van der Waals surface area contributed by atoms with E-state index in [1.165, 1.54) is 10.6 Å². The van der Waals surface area contributed by atoms with Gasteiger partial charge in [0.15, 0.2) is 5.13 Å². The molecule has 82 valence electrons. The van der Waals surface area contributed by atoms with Crippen molar-refractivity contribution in [3.8, 4) is 0 Å². The first-order valence-corrected chi connectivity index (χ1v) is 4.95. The third-order valence-corrected chi connectivity index (χ3v) is 3.24. The third kappa shape index (κ3) is 2.73. The standard InChI is InChI=1S/C8H13N3S.2ClH/c1-11(2)8-10-6-3-4-9-5-7(6)12-8;;/h9H,3-5H2,1-2H3;2*1H. The normalized spacial score (nSPS) is 13.6. The molecule has 14 heavy (non-hydrogen) atoms. The minimum atomic E-state index is 0. The summed E-state index contributed by atoms with van der Waals surface area (Å²) in [5, 5.41) is 4.47. The molecule has 0 radical (unpaired) electrons. The first kappa shape index (κ1) is 14.0. The summed E-state index contributed by atoms with van der Waals surface area (Å²) in [5.41, 5.74) is 1.29. The summed E-state index contributed by atoms with van der Waals surface area (Å²) >= 11 is 1.80. The van der Waals surface area contributed by atoms with E-state index in [2.05, 4.69) is 15.2 Å². The van der Waals surface area contributed by atoms with Crippen LogP contribution >= 0.6 is 36.2 Å². The Morgan fingerprint density at radius 1 is 1.36 bits per heavy atom. The Labute approximate surface area is 101 Å². The van der Waals surface area contributed by atoms with Gasteiger partial charge in [0.1, 0.15) is 0 Å². The molecule has 0 amide bonds. The van der Waals surface area contributed by atoms with Crippen LogP contribution in [0.25, 0.3) is 0 Å². The zero-order chi connectivity index (χ0) is 8.55. The summed E-state index contributed by atoms with van der Waals surface area (Å²) in [6.07, 6.45) is 1.08. The van der Waals surface area contributed by atoms with E-state index in [0.29, 0.717) is 0 Å². The second-order valence-corrected chi connectivity index (χ2v) is 4.25. The number of aromatic nitrogens is 1. The van der Waals surface area contributed by atoms with Crippen LogP contribution in [0.1, 0.15) is 10.6 Å². The minimum Gasteiger partial charge on any atom is -0.354 e. The molecule has 1 aliphatic heterocycles. The maximum Gasteiger partial charge on any atom is 0.185 e. The predicted molar refractivity (Wildman–Crippen MR) is 66.3 cm³/mol. The quantitative estimate of drug-likeness (QED) is 0.829. The van der Waals surface area contributed by atoms with E-state index < -0.39 is 0 Å². The summed E-state index contributed by atoms with van der Waals surface area (Å²) in [7, 11) is 4.08. The highest BCUT2D eigenvalue weighted by molar-refractivity contribution is 7.15. The van der Waals surface area contributed by atoms with Crippen LogP contribution in [0.2, 0.25) is 0 Å². The molecule has 1 aromatic rings. The van der Waals surface area contributed by atoms with Gasteiger partial charge in [0.25, 0.3) is 0 Å². The number of fused-ring (bicyclic) bond motifs is 1. The Morgan fingerprint density at radius 3 is 2.64 bits per heavy atom. The molecule has 0 unspecified atom stereocenters. The lowest BCUT2D eigenvalue weighted by molar-refractivity contribution is 0.643. The van der Waals surface area contributed by atoms with Gasteiger partial charge in [-0.25, -0.2) is 4.98 Å². The average molecular weight is 256 g/mol. The highest BCUT2D eigenvalue weighted by Crippen LogP contribution is 2.26. The molecule has 2 rings (SSSR count). The van der Waals surface area contributed by atoms with Gasteiger partial charge >= 0.3 is 0 Å². The molecule has 0 fully saturated rings. The van der Waals surface area contributed by atoms with Crippen LogP contribution in [-0.2, 0) is 13.0 Å². The molecule has 0 spiro atoms. The molecule has 1 aliphatic rings. The van der Waals surface area contributed by atoms with Crippen LogP contribution in [0.3, 0.4) is 0 Å². The number of anilines is 1. The fourth-order valence-corrected chi connectivity index (χ4v) is 2.30. The van der Waals surface area contributed by atoms with Crippen molar-refractivity contribution in [3.63, 3.8) is 0 Å². The lowest BCUT2D eigenvalue weighted by Gasteiger charge is -2.09. The summed E-state index contributed by atoms with van der Waals surface area (Å²) in [6.45, 7) is 2.07. The number of nitrogens with one attached hydrogen (secondary N) is 1. The zero-order valence-corrected chi connectivity index (χ0v) is 10.7. The number of rotatable bonds is 1. The maximum absolute atomic E-state index is 4.55. The molecule has 6 heteroatoms. The van der Waals surface area contributed by atoms with Gasteiger partial charge in [-0.3, -0.25) is 0 Å². The van der Waals surface area contributed by atoms with Crippen molar-refractivity contribution >= 4 is 41.3 Å². The Kier molecular flexibility index (Phi) is 5.74. The monoisotopic (exact) mass is 255 g/mol. The molecular weight excluding hydrogens is 241 g/mol. The minimum absolute atomic E-state index is 0. The van der Waals surface area contributed by atoms with Crippen LogP contribution in [0.5, 0.6) is 0 Å². The second kappa shape index (κ2) is 5.75. The first-order chi connectivity index (χ1) is 5.77. The number of halogens is 2. The van der Waals surface area contributed by atoms with Crippen LogP contribution < -0.4 is 10.2 Å². The fraction of sp³-hybridized carbons (Fsp3) is 0.625. The average Bonchev–Trinajstić information content (AvgIpc) is 2.46. The predicted octanol–water partition coefficient (Wildman–Crippen LogP) is 1.70. The van der Waals surface area contributed by atoms with Crippen molar-refractivity contribution in [1.29, 1.82) is 0 Å². The second-order valence-electron chi connectivity index (χ2n) is 3.19. The van der Waals surface area contributed by atoms with Gasteiger partial charge in [0.05, 0.1) is 5.69 Å². The Hall–Kier alpha value is -0.0300. The molecule has 0 saturated carbocycles. The summed E-state index contributed by atoms with van der Waals surface area (Å²) in [6, 6.07) is 0. The first-order valence-electron chi connectivity index (χ1n) is 4.14. The van der Waals surface area contributed by atoms with Gasteiger partial charge < -0.3 is 10.2 Å². The third-order valence-electron chi connectivity index (χ3n) is 1.97. The van der Waals surface area contributed by atoms with E-state index in [0.717, 1.165) is 24.6 Å². The largest absolute Gasteiger partial charge is 0.354 e.